The maximum Gasteiger partial charge on any atom is 0.0468 e. The Morgan fingerprint density at radius 2 is 1.88 bits per heavy atom. The van der Waals surface area contributed by atoms with Gasteiger partial charge in [-0.1, -0.05) is 19.8 Å². The van der Waals surface area contributed by atoms with Crippen LogP contribution < -0.4 is 5.73 Å². The number of nitrogens with two attached hydrogens (primary N) is 1. The van der Waals surface area contributed by atoms with Crippen LogP contribution in [0.25, 0.3) is 0 Å². The molecule has 2 nitrogen and oxygen atoms in total. The molecule has 0 amide bonds. The topological polar surface area (TPSA) is 35.2 Å². The summed E-state index contributed by atoms with van der Waals surface area (Å²) < 4.78 is 5.46. The van der Waals surface area contributed by atoms with E-state index in [2.05, 4.69) is 6.92 Å². The number of ether oxygens (including phenoxy) is 1. The summed E-state index contributed by atoms with van der Waals surface area (Å²) in [6.07, 6.45) is 9.25. The lowest BCUT2D eigenvalue weighted by molar-refractivity contribution is 0.0270. The van der Waals surface area contributed by atoms with Gasteiger partial charge in [0.25, 0.3) is 0 Å². The van der Waals surface area contributed by atoms with Gasteiger partial charge in [0, 0.05) is 19.3 Å². The summed E-state index contributed by atoms with van der Waals surface area (Å²) in [5.41, 5.74) is 6.33. The van der Waals surface area contributed by atoms with E-state index in [9.17, 15) is 0 Å². The van der Waals surface area contributed by atoms with Crippen molar-refractivity contribution in [2.24, 2.45) is 23.5 Å². The average molecular weight is 225 g/mol. The summed E-state index contributed by atoms with van der Waals surface area (Å²) in [5.74, 6) is 2.59. The fourth-order valence-electron chi connectivity index (χ4n) is 3.68. The largest absolute Gasteiger partial charge is 0.381 e. The Morgan fingerprint density at radius 3 is 2.56 bits per heavy atom. The average Bonchev–Trinajstić information content (AvgIpc) is 2.33. The summed E-state index contributed by atoms with van der Waals surface area (Å²) in [4.78, 5) is 0. The quantitative estimate of drug-likeness (QED) is 0.801. The van der Waals surface area contributed by atoms with E-state index in [-0.39, 0.29) is 0 Å². The fraction of sp³-hybridized carbons (Fsp3) is 1.00. The second-order valence-electron chi connectivity index (χ2n) is 5.75. The molecule has 2 aliphatic rings. The van der Waals surface area contributed by atoms with Crippen molar-refractivity contribution in [3.63, 3.8) is 0 Å². The molecule has 2 rings (SSSR count). The maximum absolute atomic E-state index is 6.33. The third-order valence-corrected chi connectivity index (χ3v) is 4.63. The summed E-state index contributed by atoms with van der Waals surface area (Å²) in [6, 6.07) is 0.469. The second kappa shape index (κ2) is 6.02. The molecule has 0 radical (unpaired) electrons. The second-order valence-corrected chi connectivity index (χ2v) is 5.75. The van der Waals surface area contributed by atoms with Crippen molar-refractivity contribution in [1.82, 2.24) is 0 Å². The first-order chi connectivity index (χ1) is 7.81. The molecule has 1 saturated carbocycles. The van der Waals surface area contributed by atoms with Crippen LogP contribution in [0.2, 0.25) is 0 Å². The van der Waals surface area contributed by atoms with Gasteiger partial charge in [-0.3, -0.25) is 0 Å². The minimum atomic E-state index is 0.469. The molecule has 16 heavy (non-hydrogen) atoms. The third-order valence-electron chi connectivity index (χ3n) is 4.63. The van der Waals surface area contributed by atoms with Gasteiger partial charge in [0.05, 0.1) is 0 Å². The molecule has 2 fully saturated rings. The Balaban J connectivity index is 1.89. The number of hydrogen-bond acceptors (Lipinski definition) is 2. The molecule has 3 atom stereocenters. The van der Waals surface area contributed by atoms with E-state index in [0.29, 0.717) is 6.04 Å². The Bertz CT molecular complexity index is 201. The molecule has 0 aromatic rings. The summed E-state index contributed by atoms with van der Waals surface area (Å²) in [6.45, 7) is 4.23. The molecule has 0 spiro atoms. The fourth-order valence-corrected chi connectivity index (χ4v) is 3.68. The Morgan fingerprint density at radius 1 is 1.12 bits per heavy atom. The van der Waals surface area contributed by atoms with Crippen molar-refractivity contribution in [2.45, 2.75) is 57.9 Å². The zero-order valence-corrected chi connectivity index (χ0v) is 10.7. The molecule has 0 aromatic carbocycles. The van der Waals surface area contributed by atoms with Crippen LogP contribution in [-0.4, -0.2) is 19.3 Å². The van der Waals surface area contributed by atoms with Crippen LogP contribution in [0.3, 0.4) is 0 Å². The van der Waals surface area contributed by atoms with Crippen molar-refractivity contribution in [3.05, 3.63) is 0 Å². The number of rotatable bonds is 3. The SMILES string of the molecule is CCCC1CCC(N)C(C2CCOCC2)C1. The predicted octanol–water partition coefficient (Wildman–Crippen LogP) is 2.96. The van der Waals surface area contributed by atoms with Crippen LogP contribution in [0.4, 0.5) is 0 Å². The molecule has 1 heterocycles. The van der Waals surface area contributed by atoms with Crippen molar-refractivity contribution in [2.75, 3.05) is 13.2 Å². The first-order valence-electron chi connectivity index (χ1n) is 7.14. The van der Waals surface area contributed by atoms with Gasteiger partial charge in [-0.15, -0.1) is 0 Å². The van der Waals surface area contributed by atoms with Crippen LogP contribution in [-0.2, 0) is 4.74 Å². The third kappa shape index (κ3) is 2.98. The van der Waals surface area contributed by atoms with Crippen LogP contribution in [0.15, 0.2) is 0 Å². The molecule has 2 heteroatoms. The van der Waals surface area contributed by atoms with Gasteiger partial charge in [-0.05, 0) is 49.9 Å². The maximum atomic E-state index is 6.33. The van der Waals surface area contributed by atoms with Gasteiger partial charge in [-0.2, -0.15) is 0 Å². The molecule has 0 bridgehead atoms. The molecule has 94 valence electrons. The lowest BCUT2D eigenvalue weighted by Crippen LogP contribution is -2.41. The van der Waals surface area contributed by atoms with E-state index >= 15 is 0 Å². The van der Waals surface area contributed by atoms with E-state index in [1.807, 2.05) is 0 Å². The highest BCUT2D eigenvalue weighted by Gasteiger charge is 2.33. The summed E-state index contributed by atoms with van der Waals surface area (Å²) >= 11 is 0. The van der Waals surface area contributed by atoms with E-state index in [0.717, 1.165) is 31.0 Å². The molecule has 0 aromatic heterocycles. The van der Waals surface area contributed by atoms with Crippen LogP contribution in [0.5, 0.6) is 0 Å². The molecule has 1 aliphatic heterocycles. The van der Waals surface area contributed by atoms with E-state index in [4.69, 9.17) is 10.5 Å². The van der Waals surface area contributed by atoms with Gasteiger partial charge in [0.2, 0.25) is 0 Å². The van der Waals surface area contributed by atoms with Gasteiger partial charge in [0.15, 0.2) is 0 Å². The standard InChI is InChI=1S/C14H27NO/c1-2-3-11-4-5-14(15)13(10-11)12-6-8-16-9-7-12/h11-14H,2-10,15H2,1H3. The zero-order valence-electron chi connectivity index (χ0n) is 10.7. The summed E-state index contributed by atoms with van der Waals surface area (Å²) in [5, 5.41) is 0. The molecule has 3 unspecified atom stereocenters. The highest BCUT2D eigenvalue weighted by Crippen LogP contribution is 2.38. The van der Waals surface area contributed by atoms with Gasteiger partial charge < -0.3 is 10.5 Å². The first-order valence-corrected chi connectivity index (χ1v) is 7.14. The number of hydrogen-bond donors (Lipinski definition) is 1. The minimum Gasteiger partial charge on any atom is -0.381 e. The lowest BCUT2D eigenvalue weighted by Gasteiger charge is -2.40. The Labute approximate surface area is 99.9 Å². The Hall–Kier alpha value is -0.0800. The molecular weight excluding hydrogens is 198 g/mol. The molecule has 2 N–H and O–H groups in total. The Kier molecular flexibility index (Phi) is 4.66. The highest BCUT2D eigenvalue weighted by atomic mass is 16.5. The van der Waals surface area contributed by atoms with Crippen LogP contribution in [0.1, 0.15) is 51.9 Å². The highest BCUT2D eigenvalue weighted by molar-refractivity contribution is 4.87. The molecular formula is C14H27NO. The van der Waals surface area contributed by atoms with E-state index in [1.165, 1.54) is 44.9 Å². The minimum absolute atomic E-state index is 0.469. The van der Waals surface area contributed by atoms with Crippen molar-refractivity contribution in [1.29, 1.82) is 0 Å². The molecule has 1 saturated heterocycles. The van der Waals surface area contributed by atoms with Gasteiger partial charge in [0.1, 0.15) is 0 Å². The van der Waals surface area contributed by atoms with E-state index < -0.39 is 0 Å². The monoisotopic (exact) mass is 225 g/mol. The molecule has 1 aliphatic carbocycles. The normalized spacial score (nSPS) is 37.5. The van der Waals surface area contributed by atoms with Crippen molar-refractivity contribution in [3.8, 4) is 0 Å². The van der Waals surface area contributed by atoms with Crippen LogP contribution >= 0.6 is 0 Å². The van der Waals surface area contributed by atoms with Crippen LogP contribution in [0, 0.1) is 17.8 Å². The van der Waals surface area contributed by atoms with Crippen molar-refractivity contribution < 1.29 is 4.74 Å². The van der Waals surface area contributed by atoms with Gasteiger partial charge >= 0.3 is 0 Å². The summed E-state index contributed by atoms with van der Waals surface area (Å²) in [7, 11) is 0. The first kappa shape index (κ1) is 12.4. The van der Waals surface area contributed by atoms with E-state index in [1.54, 1.807) is 0 Å². The zero-order chi connectivity index (χ0) is 11.4. The van der Waals surface area contributed by atoms with Crippen molar-refractivity contribution >= 4 is 0 Å². The smallest absolute Gasteiger partial charge is 0.0468 e. The van der Waals surface area contributed by atoms with Gasteiger partial charge in [-0.25, -0.2) is 0 Å². The predicted molar refractivity (Wildman–Crippen MR) is 67.3 cm³/mol. The lowest BCUT2D eigenvalue weighted by atomic mass is 9.69.